The van der Waals surface area contributed by atoms with Crippen LogP contribution in [0.25, 0.3) is 0 Å². The minimum atomic E-state index is 0.433. The Bertz CT molecular complexity index is 367. The summed E-state index contributed by atoms with van der Waals surface area (Å²) in [6, 6.07) is 5.00. The predicted octanol–water partition coefficient (Wildman–Crippen LogP) is 5.49. The monoisotopic (exact) mass is 345 g/mol. The van der Waals surface area contributed by atoms with Crippen LogP contribution in [0.1, 0.15) is 52.3 Å². The van der Waals surface area contributed by atoms with Crippen molar-refractivity contribution in [3.8, 4) is 0 Å². The smallest absolute Gasteiger partial charge is 0.0701 e. The Labute approximate surface area is 131 Å². The van der Waals surface area contributed by atoms with Crippen LogP contribution >= 0.6 is 27.3 Å². The van der Waals surface area contributed by atoms with E-state index in [0.29, 0.717) is 11.5 Å². The van der Waals surface area contributed by atoms with Crippen LogP contribution in [0.2, 0.25) is 0 Å². The van der Waals surface area contributed by atoms with Crippen molar-refractivity contribution in [1.29, 1.82) is 0 Å². The summed E-state index contributed by atoms with van der Waals surface area (Å²) in [5.41, 5.74) is 0.433. The van der Waals surface area contributed by atoms with Crippen molar-refractivity contribution in [2.75, 3.05) is 6.54 Å². The molecule has 0 amide bonds. The maximum Gasteiger partial charge on any atom is 0.0701 e. The third kappa shape index (κ3) is 7.48. The molecule has 0 aromatic carbocycles. The molecule has 0 aliphatic rings. The van der Waals surface area contributed by atoms with Gasteiger partial charge in [0, 0.05) is 10.9 Å². The van der Waals surface area contributed by atoms with Crippen LogP contribution in [0.4, 0.5) is 0 Å². The zero-order chi connectivity index (χ0) is 14.5. The van der Waals surface area contributed by atoms with Crippen molar-refractivity contribution < 1.29 is 0 Å². The van der Waals surface area contributed by atoms with E-state index in [2.05, 4.69) is 68.0 Å². The minimum Gasteiger partial charge on any atom is -0.314 e. The molecule has 3 heteroatoms. The second-order valence-electron chi connectivity index (χ2n) is 6.77. The van der Waals surface area contributed by atoms with Crippen LogP contribution in [0, 0.1) is 11.3 Å². The standard InChI is InChI=1S/C16H28BrNS/c1-6-18-13(9-12(2)11-16(3,4)5)10-14-7-8-15(17)19-14/h7-8,12-13,18H,6,9-11H2,1-5H3. The molecule has 2 atom stereocenters. The van der Waals surface area contributed by atoms with Crippen molar-refractivity contribution in [3.05, 3.63) is 20.8 Å². The number of likely N-dealkylation sites (N-methyl/N-ethyl adjacent to an activating group) is 1. The quantitative estimate of drug-likeness (QED) is 0.688. The highest BCUT2D eigenvalue weighted by Crippen LogP contribution is 2.28. The molecule has 1 heterocycles. The van der Waals surface area contributed by atoms with E-state index in [-0.39, 0.29) is 0 Å². The second kappa shape index (κ2) is 7.80. The van der Waals surface area contributed by atoms with Gasteiger partial charge in [0.05, 0.1) is 3.79 Å². The maximum atomic E-state index is 3.65. The summed E-state index contributed by atoms with van der Waals surface area (Å²) in [5.74, 6) is 0.771. The van der Waals surface area contributed by atoms with Gasteiger partial charge in [-0.2, -0.15) is 0 Å². The van der Waals surface area contributed by atoms with Crippen molar-refractivity contribution in [2.45, 2.75) is 59.9 Å². The lowest BCUT2D eigenvalue weighted by Gasteiger charge is -2.27. The summed E-state index contributed by atoms with van der Waals surface area (Å²) in [4.78, 5) is 1.47. The topological polar surface area (TPSA) is 12.0 Å². The van der Waals surface area contributed by atoms with Crippen LogP contribution in [0.15, 0.2) is 15.9 Å². The van der Waals surface area contributed by atoms with Crippen molar-refractivity contribution >= 4 is 27.3 Å². The van der Waals surface area contributed by atoms with Crippen molar-refractivity contribution in [1.82, 2.24) is 5.32 Å². The van der Waals surface area contributed by atoms with Crippen LogP contribution in [-0.2, 0) is 6.42 Å². The molecule has 1 N–H and O–H groups in total. The summed E-state index contributed by atoms with van der Waals surface area (Å²) in [6.45, 7) is 12.7. The van der Waals surface area contributed by atoms with E-state index in [1.165, 1.54) is 21.5 Å². The number of hydrogen-bond donors (Lipinski definition) is 1. The first-order valence-corrected chi connectivity index (χ1v) is 8.88. The van der Waals surface area contributed by atoms with Gasteiger partial charge in [0.15, 0.2) is 0 Å². The van der Waals surface area contributed by atoms with Crippen LogP contribution in [0.5, 0.6) is 0 Å². The summed E-state index contributed by atoms with van der Waals surface area (Å²) < 4.78 is 1.24. The van der Waals surface area contributed by atoms with E-state index in [4.69, 9.17) is 0 Å². The Hall–Kier alpha value is 0.140. The fourth-order valence-corrected chi connectivity index (χ4v) is 4.41. The molecular weight excluding hydrogens is 318 g/mol. The normalized spacial score (nSPS) is 15.5. The Kier molecular flexibility index (Phi) is 7.06. The number of nitrogens with one attached hydrogen (secondary N) is 1. The highest BCUT2D eigenvalue weighted by Gasteiger charge is 2.19. The van der Waals surface area contributed by atoms with Gasteiger partial charge in [0.1, 0.15) is 0 Å². The first-order chi connectivity index (χ1) is 8.80. The van der Waals surface area contributed by atoms with Crippen LogP contribution < -0.4 is 5.32 Å². The van der Waals surface area contributed by atoms with E-state index in [1.807, 2.05) is 11.3 Å². The summed E-state index contributed by atoms with van der Waals surface area (Å²) in [5, 5.41) is 3.65. The molecule has 0 aliphatic carbocycles. The molecule has 0 saturated carbocycles. The third-order valence-electron chi connectivity index (χ3n) is 3.22. The molecule has 1 aromatic heterocycles. The minimum absolute atomic E-state index is 0.433. The van der Waals surface area contributed by atoms with Crippen LogP contribution in [-0.4, -0.2) is 12.6 Å². The van der Waals surface area contributed by atoms with Gasteiger partial charge in [-0.05, 0) is 65.2 Å². The lowest BCUT2D eigenvalue weighted by molar-refractivity contribution is 0.275. The lowest BCUT2D eigenvalue weighted by atomic mass is 9.82. The molecule has 0 fully saturated rings. The number of halogens is 1. The molecule has 0 bridgehead atoms. The molecule has 19 heavy (non-hydrogen) atoms. The molecule has 110 valence electrons. The van der Waals surface area contributed by atoms with Crippen LogP contribution in [0.3, 0.4) is 0 Å². The highest BCUT2D eigenvalue weighted by molar-refractivity contribution is 9.11. The average molecular weight is 346 g/mol. The van der Waals surface area contributed by atoms with Gasteiger partial charge >= 0.3 is 0 Å². The van der Waals surface area contributed by atoms with Gasteiger partial charge in [-0.15, -0.1) is 11.3 Å². The molecule has 0 spiro atoms. The molecule has 2 unspecified atom stereocenters. The SMILES string of the molecule is CCNC(Cc1ccc(Br)s1)CC(C)CC(C)(C)C. The highest BCUT2D eigenvalue weighted by atomic mass is 79.9. The zero-order valence-corrected chi connectivity index (χ0v) is 15.3. The van der Waals surface area contributed by atoms with Gasteiger partial charge in [0.2, 0.25) is 0 Å². The molecule has 0 saturated heterocycles. The van der Waals surface area contributed by atoms with E-state index in [1.54, 1.807) is 0 Å². The van der Waals surface area contributed by atoms with Gasteiger partial charge in [-0.1, -0.05) is 34.6 Å². The summed E-state index contributed by atoms with van der Waals surface area (Å²) in [6.07, 6.45) is 3.71. The molecule has 1 nitrogen and oxygen atoms in total. The largest absolute Gasteiger partial charge is 0.314 e. The summed E-state index contributed by atoms with van der Waals surface area (Å²) in [7, 11) is 0. The van der Waals surface area contributed by atoms with Crippen molar-refractivity contribution in [2.24, 2.45) is 11.3 Å². The fraction of sp³-hybridized carbons (Fsp3) is 0.750. The Morgan fingerprint density at radius 3 is 2.47 bits per heavy atom. The Morgan fingerprint density at radius 2 is 2.00 bits per heavy atom. The first-order valence-electron chi connectivity index (χ1n) is 7.27. The number of hydrogen-bond acceptors (Lipinski definition) is 2. The van der Waals surface area contributed by atoms with Crippen molar-refractivity contribution in [3.63, 3.8) is 0 Å². The van der Waals surface area contributed by atoms with E-state index >= 15 is 0 Å². The molecule has 0 radical (unpaired) electrons. The van der Waals surface area contributed by atoms with Gasteiger partial charge in [-0.3, -0.25) is 0 Å². The molecule has 1 aromatic rings. The second-order valence-corrected chi connectivity index (χ2v) is 9.32. The van der Waals surface area contributed by atoms with E-state index in [0.717, 1.165) is 18.9 Å². The number of rotatable bonds is 7. The lowest BCUT2D eigenvalue weighted by Crippen LogP contribution is -2.33. The summed E-state index contributed by atoms with van der Waals surface area (Å²) >= 11 is 5.41. The maximum absolute atomic E-state index is 3.65. The van der Waals surface area contributed by atoms with Gasteiger partial charge in [-0.25, -0.2) is 0 Å². The zero-order valence-electron chi connectivity index (χ0n) is 12.9. The molecular formula is C16H28BrNS. The Morgan fingerprint density at radius 1 is 1.32 bits per heavy atom. The first kappa shape index (κ1) is 17.2. The average Bonchev–Trinajstić information content (AvgIpc) is 2.61. The Balaban J connectivity index is 2.52. The molecule has 1 rings (SSSR count). The van der Waals surface area contributed by atoms with Gasteiger partial charge < -0.3 is 5.32 Å². The van der Waals surface area contributed by atoms with E-state index in [9.17, 15) is 0 Å². The molecule has 0 aliphatic heterocycles. The predicted molar refractivity (Wildman–Crippen MR) is 91.0 cm³/mol. The third-order valence-corrected chi connectivity index (χ3v) is 4.86. The van der Waals surface area contributed by atoms with E-state index < -0.39 is 0 Å². The fourth-order valence-electron chi connectivity index (χ4n) is 2.85. The van der Waals surface area contributed by atoms with Gasteiger partial charge in [0.25, 0.3) is 0 Å². The number of thiophene rings is 1.